The first-order chi connectivity index (χ1) is 15.4. The van der Waals surface area contributed by atoms with E-state index >= 15 is 0 Å². The number of nitrogens with zero attached hydrogens (tertiary/aromatic N) is 5. The highest BCUT2D eigenvalue weighted by Gasteiger charge is 2.29. The summed E-state index contributed by atoms with van der Waals surface area (Å²) in [5.74, 6) is 0.972. The molecular formula is C25H27N5OS. The Morgan fingerprint density at radius 1 is 1.19 bits per heavy atom. The summed E-state index contributed by atoms with van der Waals surface area (Å²) in [6.45, 7) is 9.55. The average molecular weight is 446 g/mol. The second-order valence-electron chi connectivity index (χ2n) is 8.54. The van der Waals surface area contributed by atoms with Gasteiger partial charge in [0.1, 0.15) is 0 Å². The molecule has 1 unspecified atom stereocenters. The molecule has 1 aliphatic rings. The minimum atomic E-state index is -0.741. The Hall–Kier alpha value is -3.03. The number of thiazole rings is 1. The van der Waals surface area contributed by atoms with Gasteiger partial charge in [-0.15, -0.1) is 17.9 Å². The highest BCUT2D eigenvalue weighted by molar-refractivity contribution is 7.18. The molecule has 0 amide bonds. The predicted octanol–water partition coefficient (Wildman–Crippen LogP) is 4.85. The van der Waals surface area contributed by atoms with Crippen LogP contribution < -0.4 is 4.90 Å². The molecule has 4 aromatic rings. The van der Waals surface area contributed by atoms with E-state index in [4.69, 9.17) is 5.10 Å². The van der Waals surface area contributed by atoms with Crippen molar-refractivity contribution in [3.8, 4) is 5.82 Å². The maximum atomic E-state index is 10.3. The molecule has 0 bridgehead atoms. The smallest absolute Gasteiger partial charge is 0.153 e. The maximum absolute atomic E-state index is 10.3. The molecule has 1 saturated heterocycles. The fraction of sp³-hybridized carbons (Fsp3) is 0.320. The molecule has 0 saturated carbocycles. The van der Waals surface area contributed by atoms with E-state index in [2.05, 4.69) is 58.7 Å². The Balaban J connectivity index is 1.31. The van der Waals surface area contributed by atoms with Gasteiger partial charge < -0.3 is 10.0 Å². The van der Waals surface area contributed by atoms with Crippen molar-refractivity contribution < 1.29 is 5.11 Å². The summed E-state index contributed by atoms with van der Waals surface area (Å²) in [5, 5.41) is 16.2. The zero-order valence-corrected chi connectivity index (χ0v) is 19.2. The number of aromatic nitrogens is 4. The second kappa shape index (κ2) is 8.15. The van der Waals surface area contributed by atoms with Crippen molar-refractivity contribution in [1.29, 1.82) is 0 Å². The zero-order valence-electron chi connectivity index (χ0n) is 18.4. The van der Waals surface area contributed by atoms with Crippen molar-refractivity contribution in [3.63, 3.8) is 0 Å². The SMILES string of the molecule is C=CC1(O)CCN(c2ccc(-n3ccc(C(C)c4ccc5nc(C)sc5c4)n3)nc2)CC1. The molecule has 4 heterocycles. The molecule has 1 aliphatic heterocycles. The van der Waals surface area contributed by atoms with Crippen LogP contribution in [-0.2, 0) is 0 Å². The van der Waals surface area contributed by atoms with E-state index in [0.29, 0.717) is 12.8 Å². The monoisotopic (exact) mass is 445 g/mol. The molecule has 5 rings (SSSR count). The molecular weight excluding hydrogens is 418 g/mol. The molecule has 164 valence electrons. The van der Waals surface area contributed by atoms with Gasteiger partial charge in [-0.05, 0) is 55.7 Å². The summed E-state index contributed by atoms with van der Waals surface area (Å²) in [6.07, 6.45) is 6.89. The van der Waals surface area contributed by atoms with Gasteiger partial charge in [-0.25, -0.2) is 14.6 Å². The Morgan fingerprint density at radius 3 is 2.72 bits per heavy atom. The summed E-state index contributed by atoms with van der Waals surface area (Å²) in [4.78, 5) is 11.4. The number of hydrogen-bond acceptors (Lipinski definition) is 6. The third kappa shape index (κ3) is 3.94. The van der Waals surface area contributed by atoms with Crippen LogP contribution in [0.4, 0.5) is 5.69 Å². The maximum Gasteiger partial charge on any atom is 0.153 e. The van der Waals surface area contributed by atoms with Gasteiger partial charge >= 0.3 is 0 Å². The lowest BCUT2D eigenvalue weighted by atomic mass is 9.91. The minimum absolute atomic E-state index is 0.180. The van der Waals surface area contributed by atoms with E-state index in [9.17, 15) is 5.11 Å². The van der Waals surface area contributed by atoms with Crippen molar-refractivity contribution in [1.82, 2.24) is 19.7 Å². The van der Waals surface area contributed by atoms with E-state index in [1.54, 1.807) is 17.4 Å². The van der Waals surface area contributed by atoms with Crippen LogP contribution in [0.1, 0.15) is 41.9 Å². The van der Waals surface area contributed by atoms with E-state index in [1.807, 2.05) is 30.1 Å². The molecule has 0 aliphatic carbocycles. The third-order valence-corrected chi connectivity index (χ3v) is 7.35. The van der Waals surface area contributed by atoms with E-state index < -0.39 is 5.60 Å². The summed E-state index contributed by atoms with van der Waals surface area (Å²) < 4.78 is 3.05. The standard InChI is InChI=1S/C25H27N5OS/c1-4-25(31)10-13-29(14-11-25)20-6-8-24(26-16-20)30-12-9-21(28-30)17(2)19-5-7-22-23(15-19)32-18(3)27-22/h4-9,12,15-17,31H,1,10-11,13-14H2,2-3H3. The van der Waals surface area contributed by atoms with Crippen LogP contribution in [0.15, 0.2) is 61.4 Å². The lowest BCUT2D eigenvalue weighted by Gasteiger charge is -2.37. The fourth-order valence-electron chi connectivity index (χ4n) is 4.25. The lowest BCUT2D eigenvalue weighted by molar-refractivity contribution is 0.0650. The summed E-state index contributed by atoms with van der Waals surface area (Å²) >= 11 is 1.73. The third-order valence-electron chi connectivity index (χ3n) is 6.41. The van der Waals surface area contributed by atoms with Gasteiger partial charge in [0.05, 0.1) is 38.4 Å². The van der Waals surface area contributed by atoms with Crippen LogP contribution in [0.2, 0.25) is 0 Å². The number of rotatable bonds is 5. The molecule has 7 heteroatoms. The van der Waals surface area contributed by atoms with E-state index in [-0.39, 0.29) is 5.92 Å². The normalized spacial score (nSPS) is 16.9. The Bertz CT molecular complexity index is 1250. The number of benzene rings is 1. The van der Waals surface area contributed by atoms with Crippen LogP contribution in [0.3, 0.4) is 0 Å². The zero-order chi connectivity index (χ0) is 22.3. The minimum Gasteiger partial charge on any atom is -0.386 e. The first-order valence-electron chi connectivity index (χ1n) is 10.9. The van der Waals surface area contributed by atoms with Crippen LogP contribution in [0.5, 0.6) is 0 Å². The molecule has 3 aromatic heterocycles. The number of aryl methyl sites for hydroxylation is 1. The molecule has 32 heavy (non-hydrogen) atoms. The fourth-order valence-corrected chi connectivity index (χ4v) is 5.13. The molecule has 1 fully saturated rings. The highest BCUT2D eigenvalue weighted by atomic mass is 32.1. The van der Waals surface area contributed by atoms with Gasteiger partial charge in [-0.2, -0.15) is 5.10 Å². The summed E-state index contributed by atoms with van der Waals surface area (Å²) in [7, 11) is 0. The lowest BCUT2D eigenvalue weighted by Crippen LogP contribution is -2.43. The largest absolute Gasteiger partial charge is 0.386 e. The molecule has 1 aromatic carbocycles. The van der Waals surface area contributed by atoms with Crippen LogP contribution >= 0.6 is 11.3 Å². The number of piperidine rings is 1. The van der Waals surface area contributed by atoms with Crippen molar-refractivity contribution in [3.05, 3.63) is 77.7 Å². The predicted molar refractivity (Wildman–Crippen MR) is 130 cm³/mol. The number of aliphatic hydroxyl groups is 1. The van der Waals surface area contributed by atoms with Gasteiger partial charge in [-0.1, -0.05) is 19.1 Å². The van der Waals surface area contributed by atoms with Gasteiger partial charge in [0, 0.05) is 25.2 Å². The topological polar surface area (TPSA) is 67.1 Å². The van der Waals surface area contributed by atoms with E-state index in [1.165, 1.54) is 10.3 Å². The Kier molecular flexibility index (Phi) is 5.31. The summed E-state index contributed by atoms with van der Waals surface area (Å²) in [5.41, 5.74) is 3.63. The van der Waals surface area contributed by atoms with Crippen molar-refractivity contribution in [2.45, 2.75) is 38.2 Å². The number of hydrogen-bond donors (Lipinski definition) is 1. The van der Waals surface area contributed by atoms with Crippen molar-refractivity contribution >= 4 is 27.2 Å². The number of pyridine rings is 1. The molecule has 6 nitrogen and oxygen atoms in total. The average Bonchev–Trinajstić information content (AvgIpc) is 3.45. The van der Waals surface area contributed by atoms with Gasteiger partial charge in [0.25, 0.3) is 0 Å². The van der Waals surface area contributed by atoms with Crippen molar-refractivity contribution in [2.75, 3.05) is 18.0 Å². The van der Waals surface area contributed by atoms with Crippen molar-refractivity contribution in [2.24, 2.45) is 0 Å². The van der Waals surface area contributed by atoms with E-state index in [0.717, 1.165) is 40.8 Å². The number of anilines is 1. The van der Waals surface area contributed by atoms with Crippen LogP contribution in [0.25, 0.3) is 16.0 Å². The van der Waals surface area contributed by atoms with Gasteiger partial charge in [0.2, 0.25) is 0 Å². The quantitative estimate of drug-likeness (QED) is 0.445. The van der Waals surface area contributed by atoms with Crippen LogP contribution in [-0.4, -0.2) is 43.5 Å². The first kappa shape index (κ1) is 20.8. The molecule has 0 radical (unpaired) electrons. The van der Waals surface area contributed by atoms with Crippen LogP contribution in [0, 0.1) is 6.92 Å². The number of fused-ring (bicyclic) bond motifs is 1. The van der Waals surface area contributed by atoms with Gasteiger partial charge in [0.15, 0.2) is 5.82 Å². The molecule has 1 atom stereocenters. The molecule has 0 spiro atoms. The summed E-state index contributed by atoms with van der Waals surface area (Å²) in [6, 6.07) is 12.6. The molecule has 1 N–H and O–H groups in total. The first-order valence-corrected chi connectivity index (χ1v) is 11.8. The second-order valence-corrected chi connectivity index (χ2v) is 9.77. The van der Waals surface area contributed by atoms with Gasteiger partial charge in [-0.3, -0.25) is 0 Å². The Labute approximate surface area is 191 Å². The highest BCUT2D eigenvalue weighted by Crippen LogP contribution is 2.30. The Morgan fingerprint density at radius 2 is 2.00 bits per heavy atom.